The van der Waals surface area contributed by atoms with E-state index in [1.165, 1.54) is 0 Å². The first-order valence-electron chi connectivity index (χ1n) is 4.41. The van der Waals surface area contributed by atoms with Crippen molar-refractivity contribution in [2.75, 3.05) is 0 Å². The molecule has 2 aromatic heterocycles. The minimum absolute atomic E-state index is 0.493. The maximum absolute atomic E-state index is 5.72. The van der Waals surface area contributed by atoms with E-state index in [9.17, 15) is 0 Å². The third-order valence-corrected chi connectivity index (χ3v) is 3.12. The average molecular weight is 284 g/mol. The SMILES string of the molecule is Cc1cc(-c2ccc(Cl)nc2)ncc1Br. The Morgan fingerprint density at radius 3 is 2.60 bits per heavy atom. The average Bonchev–Trinajstić information content (AvgIpc) is 2.23. The molecule has 0 aromatic carbocycles. The van der Waals surface area contributed by atoms with Crippen molar-refractivity contribution in [3.63, 3.8) is 0 Å². The van der Waals surface area contributed by atoms with Crippen molar-refractivity contribution in [2.24, 2.45) is 0 Å². The predicted molar refractivity (Wildman–Crippen MR) is 64.9 cm³/mol. The number of halogens is 2. The quantitative estimate of drug-likeness (QED) is 0.743. The zero-order valence-corrected chi connectivity index (χ0v) is 10.4. The maximum atomic E-state index is 5.72. The lowest BCUT2D eigenvalue weighted by Crippen LogP contribution is -1.87. The lowest BCUT2D eigenvalue weighted by Gasteiger charge is -2.03. The van der Waals surface area contributed by atoms with E-state index in [1.54, 1.807) is 18.5 Å². The molecular formula is C11H8BrClN2. The van der Waals surface area contributed by atoms with Crippen molar-refractivity contribution >= 4 is 27.5 Å². The summed E-state index contributed by atoms with van der Waals surface area (Å²) >= 11 is 9.13. The van der Waals surface area contributed by atoms with Gasteiger partial charge in [0, 0.05) is 22.4 Å². The largest absolute Gasteiger partial charge is 0.255 e. The van der Waals surface area contributed by atoms with E-state index >= 15 is 0 Å². The highest BCUT2D eigenvalue weighted by Gasteiger charge is 2.02. The standard InChI is InChI=1S/C11H8BrClN2/c1-7-4-10(14-6-9(7)12)8-2-3-11(13)15-5-8/h2-6H,1H3. The van der Waals surface area contributed by atoms with Gasteiger partial charge in [0.05, 0.1) is 5.69 Å². The monoisotopic (exact) mass is 282 g/mol. The van der Waals surface area contributed by atoms with Crippen molar-refractivity contribution in [1.82, 2.24) is 9.97 Å². The summed E-state index contributed by atoms with van der Waals surface area (Å²) in [6.45, 7) is 2.03. The van der Waals surface area contributed by atoms with Crippen LogP contribution >= 0.6 is 27.5 Å². The van der Waals surface area contributed by atoms with Crippen LogP contribution in [0.25, 0.3) is 11.3 Å². The summed E-state index contributed by atoms with van der Waals surface area (Å²) in [5.74, 6) is 0. The topological polar surface area (TPSA) is 25.8 Å². The normalized spacial score (nSPS) is 10.3. The van der Waals surface area contributed by atoms with Gasteiger partial charge < -0.3 is 0 Å². The molecule has 76 valence electrons. The van der Waals surface area contributed by atoms with E-state index in [4.69, 9.17) is 11.6 Å². The molecule has 2 nitrogen and oxygen atoms in total. The highest BCUT2D eigenvalue weighted by atomic mass is 79.9. The number of hydrogen-bond acceptors (Lipinski definition) is 2. The molecule has 0 spiro atoms. The molecule has 0 aliphatic carbocycles. The molecule has 0 aliphatic rings. The molecule has 4 heteroatoms. The summed E-state index contributed by atoms with van der Waals surface area (Å²) in [6, 6.07) is 5.68. The van der Waals surface area contributed by atoms with Crippen LogP contribution in [0, 0.1) is 6.92 Å². The van der Waals surface area contributed by atoms with Crippen LogP contribution in [0.1, 0.15) is 5.56 Å². The summed E-state index contributed by atoms with van der Waals surface area (Å²) in [6.07, 6.45) is 3.51. The molecule has 0 saturated carbocycles. The van der Waals surface area contributed by atoms with Crippen LogP contribution in [0.4, 0.5) is 0 Å². The van der Waals surface area contributed by atoms with Crippen LogP contribution in [-0.4, -0.2) is 9.97 Å². The van der Waals surface area contributed by atoms with E-state index in [0.29, 0.717) is 5.15 Å². The fourth-order valence-corrected chi connectivity index (χ4v) is 1.55. The Morgan fingerprint density at radius 1 is 1.20 bits per heavy atom. The Hall–Kier alpha value is -0.930. The molecule has 0 saturated heterocycles. The first kappa shape index (κ1) is 10.6. The molecule has 2 aromatic rings. The third kappa shape index (κ3) is 2.36. The fourth-order valence-electron chi connectivity index (χ4n) is 1.22. The zero-order chi connectivity index (χ0) is 10.8. The van der Waals surface area contributed by atoms with Crippen LogP contribution in [0.2, 0.25) is 5.15 Å². The summed E-state index contributed by atoms with van der Waals surface area (Å²) in [4.78, 5) is 8.33. The second-order valence-corrected chi connectivity index (χ2v) is 4.43. The van der Waals surface area contributed by atoms with Gasteiger partial charge in [-0.3, -0.25) is 4.98 Å². The van der Waals surface area contributed by atoms with Crippen molar-refractivity contribution in [3.8, 4) is 11.3 Å². The highest BCUT2D eigenvalue weighted by Crippen LogP contribution is 2.22. The van der Waals surface area contributed by atoms with E-state index in [0.717, 1.165) is 21.3 Å². The van der Waals surface area contributed by atoms with Crippen molar-refractivity contribution < 1.29 is 0 Å². The van der Waals surface area contributed by atoms with Crippen molar-refractivity contribution in [2.45, 2.75) is 6.92 Å². The number of aryl methyl sites for hydroxylation is 1. The molecule has 0 bridgehead atoms. The molecule has 0 unspecified atom stereocenters. The van der Waals surface area contributed by atoms with Gasteiger partial charge in [0.15, 0.2) is 0 Å². The number of nitrogens with zero attached hydrogens (tertiary/aromatic N) is 2. The first-order valence-corrected chi connectivity index (χ1v) is 5.58. The Morgan fingerprint density at radius 2 is 2.00 bits per heavy atom. The Kier molecular flexibility index (Phi) is 3.03. The van der Waals surface area contributed by atoms with Crippen LogP contribution in [0.15, 0.2) is 35.1 Å². The number of aromatic nitrogens is 2. The van der Waals surface area contributed by atoms with Gasteiger partial charge in [0.1, 0.15) is 5.15 Å². The van der Waals surface area contributed by atoms with Gasteiger partial charge >= 0.3 is 0 Å². The molecule has 2 rings (SSSR count). The molecule has 0 amide bonds. The minimum Gasteiger partial charge on any atom is -0.255 e. The molecule has 0 radical (unpaired) electrons. The summed E-state index contributed by atoms with van der Waals surface area (Å²) in [5, 5.41) is 0.493. The molecule has 0 aliphatic heterocycles. The second-order valence-electron chi connectivity index (χ2n) is 3.19. The van der Waals surface area contributed by atoms with Gasteiger partial charge in [-0.2, -0.15) is 0 Å². The van der Waals surface area contributed by atoms with Crippen molar-refractivity contribution in [3.05, 3.63) is 45.8 Å². The molecule has 0 fully saturated rings. The number of rotatable bonds is 1. The lowest BCUT2D eigenvalue weighted by molar-refractivity contribution is 1.24. The summed E-state index contributed by atoms with van der Waals surface area (Å²) < 4.78 is 1.01. The van der Waals surface area contributed by atoms with Crippen LogP contribution < -0.4 is 0 Å². The molecule has 15 heavy (non-hydrogen) atoms. The van der Waals surface area contributed by atoms with E-state index in [2.05, 4.69) is 25.9 Å². The Balaban J connectivity index is 2.45. The Bertz CT molecular complexity index is 482. The smallest absolute Gasteiger partial charge is 0.129 e. The van der Waals surface area contributed by atoms with E-state index in [-0.39, 0.29) is 0 Å². The van der Waals surface area contributed by atoms with Gasteiger partial charge in [0.25, 0.3) is 0 Å². The van der Waals surface area contributed by atoms with Gasteiger partial charge in [0.2, 0.25) is 0 Å². The Labute approximate surface area is 101 Å². The molecule has 0 atom stereocenters. The number of pyridine rings is 2. The minimum atomic E-state index is 0.493. The molecule has 0 N–H and O–H groups in total. The van der Waals surface area contributed by atoms with Gasteiger partial charge in [-0.15, -0.1) is 0 Å². The second kappa shape index (κ2) is 4.29. The van der Waals surface area contributed by atoms with Crippen LogP contribution in [-0.2, 0) is 0 Å². The first-order chi connectivity index (χ1) is 7.16. The van der Waals surface area contributed by atoms with E-state index in [1.807, 2.05) is 19.1 Å². The third-order valence-electron chi connectivity index (χ3n) is 2.07. The fraction of sp³-hybridized carbons (Fsp3) is 0.0909. The van der Waals surface area contributed by atoms with E-state index < -0.39 is 0 Å². The summed E-state index contributed by atoms with van der Waals surface area (Å²) in [5.41, 5.74) is 3.02. The molecule has 2 heterocycles. The van der Waals surface area contributed by atoms with Crippen molar-refractivity contribution in [1.29, 1.82) is 0 Å². The zero-order valence-electron chi connectivity index (χ0n) is 8.04. The number of hydrogen-bond donors (Lipinski definition) is 0. The van der Waals surface area contributed by atoms with Gasteiger partial charge in [-0.05, 0) is 46.6 Å². The van der Waals surface area contributed by atoms with Gasteiger partial charge in [-0.1, -0.05) is 11.6 Å². The maximum Gasteiger partial charge on any atom is 0.129 e. The van der Waals surface area contributed by atoms with Gasteiger partial charge in [-0.25, -0.2) is 4.98 Å². The summed E-state index contributed by atoms with van der Waals surface area (Å²) in [7, 11) is 0. The molecular weight excluding hydrogens is 275 g/mol. The van der Waals surface area contributed by atoms with Crippen LogP contribution in [0.3, 0.4) is 0 Å². The lowest BCUT2D eigenvalue weighted by atomic mass is 10.1. The predicted octanol–water partition coefficient (Wildman–Crippen LogP) is 3.87. The highest BCUT2D eigenvalue weighted by molar-refractivity contribution is 9.10. The van der Waals surface area contributed by atoms with Crippen LogP contribution in [0.5, 0.6) is 0 Å².